The van der Waals surface area contributed by atoms with E-state index in [1.54, 1.807) is 0 Å². The summed E-state index contributed by atoms with van der Waals surface area (Å²) in [5.74, 6) is 0. The minimum absolute atomic E-state index is 0.530. The first-order valence-corrected chi connectivity index (χ1v) is 10.1. The maximum Gasteiger partial charge on any atom is 0.208 e. The predicted octanol–water partition coefficient (Wildman–Crippen LogP) is 3.04. The van der Waals surface area contributed by atoms with Crippen molar-refractivity contribution < 1.29 is 8.42 Å². The maximum atomic E-state index is 10.9. The topological polar surface area (TPSA) is 58.2 Å². The normalized spacial score (nSPS) is 12.2. The highest BCUT2D eigenvalue weighted by molar-refractivity contribution is 7.88. The molecule has 122 valence electrons. The van der Waals surface area contributed by atoms with Crippen LogP contribution in [0, 0.1) is 0 Å². The molecule has 0 aliphatic carbocycles. The number of sulfonamides is 1. The molecule has 0 aliphatic heterocycles. The lowest BCUT2D eigenvalue weighted by molar-refractivity contribution is 0.416. The van der Waals surface area contributed by atoms with Gasteiger partial charge in [0.05, 0.1) is 6.26 Å². The van der Waals surface area contributed by atoms with Crippen LogP contribution in [0.15, 0.2) is 0 Å². The van der Waals surface area contributed by atoms with Crippen molar-refractivity contribution in [3.05, 3.63) is 0 Å². The van der Waals surface area contributed by atoms with Gasteiger partial charge in [-0.1, -0.05) is 52.4 Å². The van der Waals surface area contributed by atoms with Crippen LogP contribution in [-0.2, 0) is 10.0 Å². The first-order chi connectivity index (χ1) is 9.49. The van der Waals surface area contributed by atoms with Gasteiger partial charge in [-0.15, -0.1) is 0 Å². The van der Waals surface area contributed by atoms with Crippen molar-refractivity contribution in [1.82, 2.24) is 10.0 Å². The van der Waals surface area contributed by atoms with Gasteiger partial charge in [-0.05, 0) is 25.8 Å². The fourth-order valence-corrected chi connectivity index (χ4v) is 2.80. The summed E-state index contributed by atoms with van der Waals surface area (Å²) < 4.78 is 24.4. The quantitative estimate of drug-likeness (QED) is 0.485. The molecular weight excluding hydrogens is 272 g/mol. The Morgan fingerprint density at radius 2 is 1.40 bits per heavy atom. The molecule has 0 atom stereocenters. The molecule has 0 amide bonds. The van der Waals surface area contributed by atoms with E-state index in [0.717, 1.165) is 13.0 Å². The van der Waals surface area contributed by atoms with Gasteiger partial charge >= 0.3 is 0 Å². The highest BCUT2D eigenvalue weighted by Crippen LogP contribution is 2.11. The molecule has 0 fully saturated rings. The van der Waals surface area contributed by atoms with Gasteiger partial charge in [0.25, 0.3) is 0 Å². The summed E-state index contributed by atoms with van der Waals surface area (Å²) in [6.45, 7) is 5.89. The lowest BCUT2D eigenvalue weighted by Crippen LogP contribution is -2.32. The van der Waals surface area contributed by atoms with E-state index < -0.39 is 10.0 Å². The summed E-state index contributed by atoms with van der Waals surface area (Å²) in [5.41, 5.74) is 0. The van der Waals surface area contributed by atoms with Crippen molar-refractivity contribution in [2.24, 2.45) is 0 Å². The number of rotatable bonds is 14. The van der Waals surface area contributed by atoms with Gasteiger partial charge in [-0.2, -0.15) is 0 Å². The van der Waals surface area contributed by atoms with Gasteiger partial charge in [0.15, 0.2) is 0 Å². The molecule has 0 aromatic rings. The minimum atomic E-state index is -3.04. The average Bonchev–Trinajstić information content (AvgIpc) is 2.37. The number of hydrogen-bond donors (Lipinski definition) is 2. The number of nitrogens with one attached hydrogen (secondary N) is 2. The zero-order valence-electron chi connectivity index (χ0n) is 13.6. The Bertz CT molecular complexity index is 295. The molecule has 0 rings (SSSR count). The smallest absolute Gasteiger partial charge is 0.208 e. The zero-order valence-corrected chi connectivity index (χ0v) is 14.4. The van der Waals surface area contributed by atoms with Crippen LogP contribution in [0.3, 0.4) is 0 Å². The van der Waals surface area contributed by atoms with E-state index >= 15 is 0 Å². The van der Waals surface area contributed by atoms with Crippen molar-refractivity contribution in [3.8, 4) is 0 Å². The average molecular weight is 307 g/mol. The first-order valence-electron chi connectivity index (χ1n) is 8.17. The van der Waals surface area contributed by atoms with Crippen LogP contribution < -0.4 is 10.0 Å². The summed E-state index contributed by atoms with van der Waals surface area (Å²) in [7, 11) is -3.04. The third-order valence-electron chi connectivity index (χ3n) is 3.46. The van der Waals surface area contributed by atoms with Crippen LogP contribution in [0.4, 0.5) is 0 Å². The van der Waals surface area contributed by atoms with Gasteiger partial charge in [0.2, 0.25) is 10.0 Å². The molecule has 0 saturated carbocycles. The monoisotopic (exact) mass is 306 g/mol. The molecule has 0 unspecified atom stereocenters. The van der Waals surface area contributed by atoms with Crippen LogP contribution >= 0.6 is 0 Å². The Morgan fingerprint density at radius 3 is 1.85 bits per heavy atom. The van der Waals surface area contributed by atoms with Gasteiger partial charge < -0.3 is 5.32 Å². The van der Waals surface area contributed by atoms with Crippen molar-refractivity contribution in [2.45, 2.75) is 77.7 Å². The Labute approximate surface area is 126 Å². The second-order valence-electron chi connectivity index (χ2n) is 5.66. The summed E-state index contributed by atoms with van der Waals surface area (Å²) in [5, 5.41) is 3.59. The third kappa shape index (κ3) is 14.3. The van der Waals surface area contributed by atoms with Crippen LogP contribution in [0.25, 0.3) is 0 Å². The van der Waals surface area contributed by atoms with E-state index in [1.807, 2.05) is 0 Å². The van der Waals surface area contributed by atoms with Crippen molar-refractivity contribution in [3.63, 3.8) is 0 Å². The molecule has 2 N–H and O–H groups in total. The van der Waals surface area contributed by atoms with Gasteiger partial charge in [-0.3, -0.25) is 0 Å². The molecule has 0 spiro atoms. The third-order valence-corrected chi connectivity index (χ3v) is 4.19. The number of hydrogen-bond acceptors (Lipinski definition) is 3. The van der Waals surface area contributed by atoms with Crippen LogP contribution in [0.2, 0.25) is 0 Å². The standard InChI is InChI=1S/C15H34N2O2S/c1-4-6-8-11-15(12-9-7-5-2)16-13-10-14-17-20(3,18)19/h15-17H,4-14H2,1-3H3. The van der Waals surface area contributed by atoms with E-state index in [2.05, 4.69) is 23.9 Å². The van der Waals surface area contributed by atoms with Crippen molar-refractivity contribution >= 4 is 10.0 Å². The Hall–Kier alpha value is -0.130. The summed E-state index contributed by atoms with van der Waals surface area (Å²) >= 11 is 0. The minimum Gasteiger partial charge on any atom is -0.314 e. The largest absolute Gasteiger partial charge is 0.314 e. The van der Waals surface area contributed by atoms with Gasteiger partial charge in [0.1, 0.15) is 0 Å². The molecule has 0 aromatic carbocycles. The molecule has 0 heterocycles. The SMILES string of the molecule is CCCCCC(CCCCC)NCCCNS(C)(=O)=O. The van der Waals surface area contributed by atoms with Crippen molar-refractivity contribution in [1.29, 1.82) is 0 Å². The highest BCUT2D eigenvalue weighted by Gasteiger charge is 2.07. The van der Waals surface area contributed by atoms with Crippen LogP contribution in [0.1, 0.15) is 71.6 Å². The molecule has 0 aliphatic rings. The van der Waals surface area contributed by atoms with Gasteiger partial charge in [0, 0.05) is 12.6 Å². The second-order valence-corrected chi connectivity index (χ2v) is 7.50. The fraction of sp³-hybridized carbons (Fsp3) is 1.00. The highest BCUT2D eigenvalue weighted by atomic mass is 32.2. The first kappa shape index (κ1) is 19.9. The molecule has 5 heteroatoms. The van der Waals surface area contributed by atoms with E-state index in [9.17, 15) is 8.42 Å². The molecule has 20 heavy (non-hydrogen) atoms. The summed E-state index contributed by atoms with van der Waals surface area (Å²) in [6, 6.07) is 0.603. The predicted molar refractivity (Wildman–Crippen MR) is 87.5 cm³/mol. The fourth-order valence-electron chi connectivity index (χ4n) is 2.28. The zero-order chi connectivity index (χ0) is 15.3. The summed E-state index contributed by atoms with van der Waals surface area (Å²) in [4.78, 5) is 0. The lowest BCUT2D eigenvalue weighted by Gasteiger charge is -2.18. The van der Waals surface area contributed by atoms with E-state index in [1.165, 1.54) is 57.6 Å². The van der Waals surface area contributed by atoms with Crippen molar-refractivity contribution in [2.75, 3.05) is 19.3 Å². The van der Waals surface area contributed by atoms with Gasteiger partial charge in [-0.25, -0.2) is 13.1 Å². The van der Waals surface area contributed by atoms with E-state index in [-0.39, 0.29) is 0 Å². The number of unbranched alkanes of at least 4 members (excludes halogenated alkanes) is 4. The molecule has 0 aromatic heterocycles. The second kappa shape index (κ2) is 12.6. The lowest BCUT2D eigenvalue weighted by atomic mass is 10.0. The van der Waals surface area contributed by atoms with E-state index in [4.69, 9.17) is 0 Å². The summed E-state index contributed by atoms with van der Waals surface area (Å²) in [6.07, 6.45) is 12.3. The van der Waals surface area contributed by atoms with E-state index in [0.29, 0.717) is 12.6 Å². The molecule has 0 radical (unpaired) electrons. The molecule has 4 nitrogen and oxygen atoms in total. The molecule has 0 saturated heterocycles. The Kier molecular flexibility index (Phi) is 12.5. The Balaban J connectivity index is 3.77. The molecular formula is C15H34N2O2S. The molecule has 0 bridgehead atoms. The maximum absolute atomic E-state index is 10.9. The van der Waals surface area contributed by atoms with Crippen LogP contribution in [-0.4, -0.2) is 33.8 Å². The van der Waals surface area contributed by atoms with Crippen LogP contribution in [0.5, 0.6) is 0 Å². The Morgan fingerprint density at radius 1 is 0.850 bits per heavy atom.